The topological polar surface area (TPSA) is 73.3 Å². The molecule has 13 heteroatoms. The number of rotatable bonds is 2. The lowest BCUT2D eigenvalue weighted by Crippen LogP contribution is -2.00. The van der Waals surface area contributed by atoms with Crippen molar-refractivity contribution in [3.8, 4) is 11.5 Å². The molecule has 0 radical (unpaired) electrons. The van der Waals surface area contributed by atoms with Crippen LogP contribution in [-0.2, 0) is 4.57 Å². The number of nitrogens with one attached hydrogen (secondary N) is 1. The molecular weight excluding hydrogens is 481 g/mol. The molecule has 2 aromatic carbocycles. The van der Waals surface area contributed by atoms with Crippen molar-refractivity contribution >= 4 is 72.9 Å². The maximum absolute atomic E-state index is 14.1. The Kier molecular flexibility index (Phi) is 6.37. The summed E-state index contributed by atoms with van der Waals surface area (Å²) in [5.74, 6) is -0.411. The predicted molar refractivity (Wildman–Crippen MR) is 105 cm³/mol. The van der Waals surface area contributed by atoms with Gasteiger partial charge in [0.05, 0.1) is 15.9 Å². The molecule has 4 rings (SSSR count). The first-order valence-corrected chi connectivity index (χ1v) is 12.1. The molecule has 6 nitrogen and oxygen atoms in total. The summed E-state index contributed by atoms with van der Waals surface area (Å²) >= 11 is 20.0. The van der Waals surface area contributed by atoms with Crippen molar-refractivity contribution in [3.05, 3.63) is 47.2 Å². The Morgan fingerprint density at radius 3 is 2.54 bits per heavy atom. The fourth-order valence-electron chi connectivity index (χ4n) is 2.39. The van der Waals surface area contributed by atoms with Crippen LogP contribution in [0.15, 0.2) is 30.6 Å². The smallest absolute Gasteiger partial charge is 0.339 e. The second kappa shape index (κ2) is 8.43. The molecule has 1 aliphatic heterocycles. The first-order valence-electron chi connectivity index (χ1n) is 7.27. The summed E-state index contributed by atoms with van der Waals surface area (Å²) in [6, 6.07) is 5.19. The van der Waals surface area contributed by atoms with Gasteiger partial charge in [0.15, 0.2) is 11.5 Å². The van der Waals surface area contributed by atoms with Crippen LogP contribution in [0.2, 0.25) is 5.02 Å². The second-order valence-electron chi connectivity index (χ2n) is 5.18. The van der Waals surface area contributed by atoms with Gasteiger partial charge in [0, 0.05) is 12.1 Å². The van der Waals surface area contributed by atoms with Gasteiger partial charge in [-0.3, -0.25) is 4.57 Å². The SMILES string of the molecule is Fc1cc(F)c2c(Nc3c(Cl)ccc4c3OCO4)ncnc2c1.O=P(Cl)(Cl)Cl. The van der Waals surface area contributed by atoms with Crippen LogP contribution in [0.1, 0.15) is 0 Å². The van der Waals surface area contributed by atoms with Crippen molar-refractivity contribution in [2.24, 2.45) is 0 Å². The highest BCUT2D eigenvalue weighted by molar-refractivity contribution is 8.24. The number of fused-ring (bicyclic) bond motifs is 2. The zero-order valence-electron chi connectivity index (χ0n) is 13.4. The molecule has 0 saturated heterocycles. The second-order valence-corrected chi connectivity index (χ2v) is 12.2. The highest BCUT2D eigenvalue weighted by Crippen LogP contribution is 2.61. The van der Waals surface area contributed by atoms with E-state index in [1.807, 2.05) is 0 Å². The van der Waals surface area contributed by atoms with Gasteiger partial charge in [-0.05, 0) is 45.9 Å². The van der Waals surface area contributed by atoms with E-state index < -0.39 is 16.8 Å². The van der Waals surface area contributed by atoms with Crippen molar-refractivity contribution in [2.75, 3.05) is 12.1 Å². The van der Waals surface area contributed by atoms with E-state index in [4.69, 9.17) is 21.1 Å². The number of benzene rings is 2. The van der Waals surface area contributed by atoms with Gasteiger partial charge in [-0.1, -0.05) is 11.6 Å². The minimum Gasteiger partial charge on any atom is -0.454 e. The third-order valence-electron chi connectivity index (χ3n) is 3.39. The molecule has 0 aliphatic carbocycles. The lowest BCUT2D eigenvalue weighted by Gasteiger charge is -2.12. The van der Waals surface area contributed by atoms with Crippen molar-refractivity contribution in [2.45, 2.75) is 0 Å². The highest BCUT2D eigenvalue weighted by atomic mass is 36.0. The third kappa shape index (κ3) is 5.07. The Morgan fingerprint density at radius 2 is 1.82 bits per heavy atom. The zero-order valence-corrected chi connectivity index (χ0v) is 17.3. The molecule has 28 heavy (non-hydrogen) atoms. The summed E-state index contributed by atoms with van der Waals surface area (Å²) in [4.78, 5) is 7.90. The molecule has 148 valence electrons. The molecule has 0 saturated carbocycles. The van der Waals surface area contributed by atoms with E-state index in [0.29, 0.717) is 22.2 Å². The summed E-state index contributed by atoms with van der Waals surface area (Å²) in [6.07, 6.45) is 1.21. The van der Waals surface area contributed by atoms with Crippen LogP contribution in [0, 0.1) is 11.6 Å². The van der Waals surface area contributed by atoms with Crippen LogP contribution in [-0.4, -0.2) is 16.8 Å². The largest absolute Gasteiger partial charge is 0.454 e. The van der Waals surface area contributed by atoms with Gasteiger partial charge >= 0.3 is 5.20 Å². The first-order chi connectivity index (χ1) is 13.1. The average Bonchev–Trinajstić information content (AvgIpc) is 3.04. The maximum atomic E-state index is 14.1. The van der Waals surface area contributed by atoms with E-state index in [2.05, 4.69) is 49.0 Å². The number of halogens is 6. The van der Waals surface area contributed by atoms with Gasteiger partial charge in [0.2, 0.25) is 6.79 Å². The Hall–Kier alpha value is -1.57. The third-order valence-corrected chi connectivity index (χ3v) is 3.70. The Bertz CT molecular complexity index is 1090. The number of hydrogen-bond donors (Lipinski definition) is 1. The number of hydrogen-bond acceptors (Lipinski definition) is 6. The monoisotopic (exact) mass is 487 g/mol. The molecule has 0 atom stereocenters. The molecule has 1 aromatic heterocycles. The molecule has 0 fully saturated rings. The normalized spacial score (nSPS) is 12.5. The minimum atomic E-state index is -3.22. The molecule has 0 unspecified atom stereocenters. The van der Waals surface area contributed by atoms with Crippen LogP contribution < -0.4 is 14.8 Å². The van der Waals surface area contributed by atoms with Gasteiger partial charge in [0.25, 0.3) is 0 Å². The molecule has 3 aromatic rings. The van der Waals surface area contributed by atoms with Gasteiger partial charge < -0.3 is 14.8 Å². The van der Waals surface area contributed by atoms with Crippen molar-refractivity contribution in [1.82, 2.24) is 9.97 Å². The van der Waals surface area contributed by atoms with Gasteiger partial charge in [-0.25, -0.2) is 18.7 Å². The summed E-state index contributed by atoms with van der Waals surface area (Å²) in [5.41, 5.74) is 0.534. The number of nitrogens with zero attached hydrogens (tertiary/aromatic N) is 2. The van der Waals surface area contributed by atoms with E-state index >= 15 is 0 Å². The minimum absolute atomic E-state index is 0.0569. The standard InChI is InChI=1S/C15H8ClF2N3O2.Cl3OP/c16-8-1-2-11-14(23-6-22-11)13(8)21-15-12-9(18)3-7(17)4-10(12)19-5-20-15;1-5(2,3)4/h1-5H,6H2,(H,19,20,21);. The number of aromatic nitrogens is 2. The quantitative estimate of drug-likeness (QED) is 0.398. The molecular formula is C15H8Cl4F2N3O3P. The lowest BCUT2D eigenvalue weighted by atomic mass is 10.2. The molecule has 2 heterocycles. The Balaban J connectivity index is 0.000000403. The van der Waals surface area contributed by atoms with E-state index in [0.717, 1.165) is 12.1 Å². The zero-order chi connectivity index (χ0) is 20.5. The van der Waals surface area contributed by atoms with Crippen LogP contribution >= 0.6 is 50.5 Å². The van der Waals surface area contributed by atoms with Crippen molar-refractivity contribution in [3.63, 3.8) is 0 Å². The van der Waals surface area contributed by atoms with Crippen molar-refractivity contribution in [1.29, 1.82) is 0 Å². The summed E-state index contributed by atoms with van der Waals surface area (Å²) in [5, 5.41) is 0.111. The van der Waals surface area contributed by atoms with E-state index in [-0.39, 0.29) is 23.5 Å². The molecule has 1 aliphatic rings. The lowest BCUT2D eigenvalue weighted by molar-refractivity contribution is 0.174. The fourth-order valence-corrected chi connectivity index (χ4v) is 2.58. The number of anilines is 2. The predicted octanol–water partition coefficient (Wildman–Crippen LogP) is 6.84. The molecule has 0 amide bonds. The van der Waals surface area contributed by atoms with E-state index in [1.54, 1.807) is 12.1 Å². The number of ether oxygens (including phenoxy) is 2. The van der Waals surface area contributed by atoms with Crippen LogP contribution in [0.3, 0.4) is 0 Å². The molecule has 1 N–H and O–H groups in total. The highest BCUT2D eigenvalue weighted by Gasteiger charge is 2.22. The van der Waals surface area contributed by atoms with E-state index in [1.165, 1.54) is 6.33 Å². The Labute approximate surface area is 176 Å². The van der Waals surface area contributed by atoms with Crippen LogP contribution in [0.4, 0.5) is 20.3 Å². The van der Waals surface area contributed by atoms with Crippen LogP contribution in [0.5, 0.6) is 11.5 Å². The molecule has 0 bridgehead atoms. The fraction of sp³-hybridized carbons (Fsp3) is 0.0667. The molecule has 0 spiro atoms. The van der Waals surface area contributed by atoms with Gasteiger partial charge in [-0.2, -0.15) is 0 Å². The summed E-state index contributed by atoms with van der Waals surface area (Å²) in [7, 11) is 0. The van der Waals surface area contributed by atoms with Crippen molar-refractivity contribution < 1.29 is 22.8 Å². The van der Waals surface area contributed by atoms with Gasteiger partial charge in [0.1, 0.15) is 29.5 Å². The average molecular weight is 489 g/mol. The van der Waals surface area contributed by atoms with Gasteiger partial charge in [-0.15, -0.1) is 0 Å². The van der Waals surface area contributed by atoms with Crippen LogP contribution in [0.25, 0.3) is 10.9 Å². The Morgan fingerprint density at radius 1 is 1.11 bits per heavy atom. The maximum Gasteiger partial charge on any atom is 0.339 e. The summed E-state index contributed by atoms with van der Waals surface area (Å²) < 4.78 is 47.6. The summed E-state index contributed by atoms with van der Waals surface area (Å²) in [6.45, 7) is 0.0639. The van der Waals surface area contributed by atoms with E-state index in [9.17, 15) is 13.3 Å². The first kappa shape index (κ1) is 21.1.